The van der Waals surface area contributed by atoms with Crippen LogP contribution in [0, 0.1) is 5.92 Å². The fraction of sp³-hybridized carbons (Fsp3) is 0.909. The van der Waals surface area contributed by atoms with E-state index in [-0.39, 0.29) is 24.6 Å². The van der Waals surface area contributed by atoms with E-state index in [9.17, 15) is 4.79 Å². The lowest BCUT2D eigenvalue weighted by molar-refractivity contribution is -0.143. The van der Waals surface area contributed by atoms with Crippen molar-refractivity contribution in [1.29, 1.82) is 0 Å². The molecule has 0 saturated heterocycles. The Morgan fingerprint density at radius 2 is 2.27 bits per heavy atom. The Morgan fingerprint density at radius 1 is 1.53 bits per heavy atom. The predicted molar refractivity (Wildman–Crippen MR) is 57.7 cm³/mol. The first-order valence-electron chi connectivity index (χ1n) is 5.77. The highest BCUT2D eigenvalue weighted by atomic mass is 16.4. The summed E-state index contributed by atoms with van der Waals surface area (Å²) in [7, 11) is 0. The molecule has 0 radical (unpaired) electrons. The van der Waals surface area contributed by atoms with Crippen molar-refractivity contribution in [3.05, 3.63) is 0 Å². The Bertz CT molecular complexity index is 204. The molecule has 0 bridgehead atoms. The highest BCUT2D eigenvalue weighted by molar-refractivity contribution is 5.70. The number of carbonyl (C=O) groups is 1. The van der Waals surface area contributed by atoms with Crippen molar-refractivity contribution in [2.75, 3.05) is 6.61 Å². The van der Waals surface area contributed by atoms with Crippen molar-refractivity contribution in [1.82, 2.24) is 5.32 Å². The molecular formula is C11H21NO3. The van der Waals surface area contributed by atoms with E-state index >= 15 is 0 Å². The lowest BCUT2D eigenvalue weighted by atomic mass is 9.85. The second-order valence-corrected chi connectivity index (χ2v) is 4.35. The molecule has 0 aliphatic heterocycles. The third-order valence-corrected chi connectivity index (χ3v) is 3.21. The fourth-order valence-corrected chi connectivity index (χ4v) is 2.20. The first-order chi connectivity index (χ1) is 7.17. The molecule has 3 atom stereocenters. The maximum absolute atomic E-state index is 10.8. The molecule has 0 spiro atoms. The Hall–Kier alpha value is -0.610. The zero-order chi connectivity index (χ0) is 11.3. The molecule has 4 heteroatoms. The van der Waals surface area contributed by atoms with Crippen molar-refractivity contribution >= 4 is 5.97 Å². The summed E-state index contributed by atoms with van der Waals surface area (Å²) < 4.78 is 0. The van der Waals surface area contributed by atoms with Crippen LogP contribution in [0.2, 0.25) is 0 Å². The van der Waals surface area contributed by atoms with E-state index in [2.05, 4.69) is 5.32 Å². The number of aliphatic hydroxyl groups is 1. The molecule has 1 saturated carbocycles. The Kier molecular flexibility index (Phi) is 5.05. The van der Waals surface area contributed by atoms with Crippen LogP contribution in [0.1, 0.15) is 39.0 Å². The molecule has 3 N–H and O–H groups in total. The quantitative estimate of drug-likeness (QED) is 0.639. The number of aliphatic hydroxyl groups excluding tert-OH is 1. The van der Waals surface area contributed by atoms with Gasteiger partial charge in [-0.25, -0.2) is 0 Å². The van der Waals surface area contributed by atoms with Gasteiger partial charge < -0.3 is 15.5 Å². The Morgan fingerprint density at radius 3 is 2.80 bits per heavy atom. The molecule has 1 rings (SSSR count). The molecule has 2 unspecified atom stereocenters. The van der Waals surface area contributed by atoms with Crippen LogP contribution >= 0.6 is 0 Å². The van der Waals surface area contributed by atoms with Gasteiger partial charge in [-0.15, -0.1) is 0 Å². The van der Waals surface area contributed by atoms with Crippen molar-refractivity contribution < 1.29 is 15.0 Å². The number of rotatable bonds is 5. The first kappa shape index (κ1) is 12.5. The summed E-state index contributed by atoms with van der Waals surface area (Å²) in [5, 5.41) is 21.3. The zero-order valence-electron chi connectivity index (χ0n) is 9.28. The Labute approximate surface area is 90.7 Å². The highest BCUT2D eigenvalue weighted by Crippen LogP contribution is 2.24. The van der Waals surface area contributed by atoms with Gasteiger partial charge in [0.1, 0.15) is 0 Å². The van der Waals surface area contributed by atoms with Gasteiger partial charge >= 0.3 is 5.97 Å². The molecule has 15 heavy (non-hydrogen) atoms. The fourth-order valence-electron chi connectivity index (χ4n) is 2.20. The summed E-state index contributed by atoms with van der Waals surface area (Å²) in [6.07, 6.45) is 4.37. The second kappa shape index (κ2) is 6.08. The van der Waals surface area contributed by atoms with E-state index in [1.807, 2.05) is 6.92 Å². The summed E-state index contributed by atoms with van der Waals surface area (Å²) in [5.74, 6) is -0.883. The monoisotopic (exact) mass is 215 g/mol. The van der Waals surface area contributed by atoms with Gasteiger partial charge in [-0.3, -0.25) is 4.79 Å². The number of hydrogen-bond donors (Lipinski definition) is 3. The molecule has 0 aromatic heterocycles. The van der Waals surface area contributed by atoms with Gasteiger partial charge in [0.25, 0.3) is 0 Å². The minimum Gasteiger partial charge on any atom is -0.481 e. The van der Waals surface area contributed by atoms with Gasteiger partial charge in [0, 0.05) is 12.1 Å². The highest BCUT2D eigenvalue weighted by Gasteiger charge is 2.27. The van der Waals surface area contributed by atoms with Gasteiger partial charge in [0.05, 0.1) is 12.5 Å². The van der Waals surface area contributed by atoms with E-state index in [0.717, 1.165) is 25.7 Å². The van der Waals surface area contributed by atoms with Gasteiger partial charge in [-0.1, -0.05) is 13.3 Å². The SMILES string of the molecule is CC[C@@H](CO)NC1CCCC(C(=O)O)C1. The van der Waals surface area contributed by atoms with Crippen LogP contribution < -0.4 is 5.32 Å². The Balaban J connectivity index is 2.38. The summed E-state index contributed by atoms with van der Waals surface area (Å²) in [5.41, 5.74) is 0. The largest absolute Gasteiger partial charge is 0.481 e. The van der Waals surface area contributed by atoms with E-state index < -0.39 is 5.97 Å². The van der Waals surface area contributed by atoms with Crippen LogP contribution in [-0.2, 0) is 4.79 Å². The molecule has 1 fully saturated rings. The van der Waals surface area contributed by atoms with Crippen LogP contribution in [0.15, 0.2) is 0 Å². The van der Waals surface area contributed by atoms with E-state index in [4.69, 9.17) is 10.2 Å². The van der Waals surface area contributed by atoms with Crippen molar-refractivity contribution in [2.24, 2.45) is 5.92 Å². The summed E-state index contributed by atoms with van der Waals surface area (Å²) in [6, 6.07) is 0.375. The first-order valence-corrected chi connectivity index (χ1v) is 5.77. The van der Waals surface area contributed by atoms with Gasteiger partial charge in [-0.2, -0.15) is 0 Å². The van der Waals surface area contributed by atoms with Crippen LogP contribution in [0.3, 0.4) is 0 Å². The summed E-state index contributed by atoms with van der Waals surface area (Å²) >= 11 is 0. The number of nitrogens with one attached hydrogen (secondary N) is 1. The third-order valence-electron chi connectivity index (χ3n) is 3.21. The maximum atomic E-state index is 10.8. The third kappa shape index (κ3) is 3.80. The molecule has 1 aliphatic rings. The molecule has 4 nitrogen and oxygen atoms in total. The van der Waals surface area contributed by atoms with Gasteiger partial charge in [0.2, 0.25) is 0 Å². The predicted octanol–water partition coefficient (Wildman–Crippen LogP) is 0.990. The molecule has 88 valence electrons. The molecule has 0 heterocycles. The standard InChI is InChI=1S/C11H21NO3/c1-2-9(7-13)12-10-5-3-4-8(6-10)11(14)15/h8-10,12-13H,2-7H2,1H3,(H,14,15)/t8?,9-,10?/m0/s1. The molecule has 1 aliphatic carbocycles. The van der Waals surface area contributed by atoms with Crippen LogP contribution in [0.5, 0.6) is 0 Å². The molecule has 0 aromatic carbocycles. The molecular weight excluding hydrogens is 194 g/mol. The van der Waals surface area contributed by atoms with E-state index in [1.165, 1.54) is 0 Å². The second-order valence-electron chi connectivity index (χ2n) is 4.35. The number of carboxylic acids is 1. The number of hydrogen-bond acceptors (Lipinski definition) is 3. The normalized spacial score (nSPS) is 28.7. The smallest absolute Gasteiger partial charge is 0.306 e. The molecule has 0 amide bonds. The zero-order valence-corrected chi connectivity index (χ0v) is 9.28. The van der Waals surface area contributed by atoms with E-state index in [0.29, 0.717) is 6.42 Å². The van der Waals surface area contributed by atoms with Crippen LogP contribution in [0.4, 0.5) is 0 Å². The maximum Gasteiger partial charge on any atom is 0.306 e. The minimum absolute atomic E-state index is 0.113. The lowest BCUT2D eigenvalue weighted by Gasteiger charge is -2.30. The average molecular weight is 215 g/mol. The van der Waals surface area contributed by atoms with Crippen LogP contribution in [0.25, 0.3) is 0 Å². The van der Waals surface area contributed by atoms with Gasteiger partial charge in [0.15, 0.2) is 0 Å². The average Bonchev–Trinajstić information content (AvgIpc) is 2.26. The summed E-state index contributed by atoms with van der Waals surface area (Å²) in [6.45, 7) is 2.15. The van der Waals surface area contributed by atoms with Crippen molar-refractivity contribution in [2.45, 2.75) is 51.1 Å². The van der Waals surface area contributed by atoms with Crippen LogP contribution in [-0.4, -0.2) is 34.9 Å². The number of aliphatic carboxylic acids is 1. The number of carboxylic acid groups (broad SMARTS) is 1. The summed E-state index contributed by atoms with van der Waals surface area (Å²) in [4.78, 5) is 10.8. The van der Waals surface area contributed by atoms with E-state index in [1.54, 1.807) is 0 Å². The van der Waals surface area contributed by atoms with Crippen molar-refractivity contribution in [3.8, 4) is 0 Å². The van der Waals surface area contributed by atoms with Crippen molar-refractivity contribution in [3.63, 3.8) is 0 Å². The minimum atomic E-state index is -0.682. The lowest BCUT2D eigenvalue weighted by Crippen LogP contribution is -2.43. The topological polar surface area (TPSA) is 69.6 Å². The van der Waals surface area contributed by atoms with Gasteiger partial charge in [-0.05, 0) is 25.7 Å². The molecule has 0 aromatic rings.